The number of aliphatic carboxylic acids is 1. The number of carboxylic acids is 1. The summed E-state index contributed by atoms with van der Waals surface area (Å²) in [6, 6.07) is 16.8. The van der Waals surface area contributed by atoms with Crippen LogP contribution >= 0.6 is 0 Å². The van der Waals surface area contributed by atoms with Crippen LogP contribution < -0.4 is 0 Å². The molecular weight excluding hydrogens is 596 g/mol. The lowest BCUT2D eigenvalue weighted by Crippen LogP contribution is -2.49. The van der Waals surface area contributed by atoms with Crippen molar-refractivity contribution in [3.63, 3.8) is 0 Å². The van der Waals surface area contributed by atoms with Crippen LogP contribution in [0.1, 0.15) is 74.8 Å². The van der Waals surface area contributed by atoms with Gasteiger partial charge in [0.2, 0.25) is 0 Å². The van der Waals surface area contributed by atoms with E-state index in [1.165, 1.54) is 24.1 Å². The number of nitro groups is 1. The van der Waals surface area contributed by atoms with E-state index in [-0.39, 0.29) is 30.3 Å². The largest absolute Gasteiger partial charge is 0.480 e. The molecule has 2 saturated carbocycles. The maximum atomic E-state index is 13.3. The van der Waals surface area contributed by atoms with Gasteiger partial charge in [-0.05, 0) is 67.4 Å². The van der Waals surface area contributed by atoms with Gasteiger partial charge in [-0.1, -0.05) is 61.7 Å². The second-order valence-electron chi connectivity index (χ2n) is 14.3. The number of ether oxygens (including phenoxy) is 1. The summed E-state index contributed by atoms with van der Waals surface area (Å²) in [6.45, 7) is 5.33. The predicted octanol–water partition coefficient (Wildman–Crippen LogP) is 6.20. The molecule has 6 rings (SSSR count). The number of carbonyl (C=O) groups excluding carboxylic acids is 1. The predicted molar refractivity (Wildman–Crippen MR) is 179 cm³/mol. The SMILES string of the molecule is O=C(O)[C@@H](C1CCCCC1)N1C[C@H](CN2CCC(N(CC3CC3)C(=O)OCCc3ccc([N+](=O)[O-])cc3)CC2)[C@@H](c2ccccc2)C1. The molecule has 0 aromatic heterocycles. The van der Waals surface area contributed by atoms with Crippen LogP contribution in [-0.2, 0) is 16.0 Å². The first kappa shape index (κ1) is 33.4. The fraction of sp³-hybridized carbons (Fsp3) is 0.622. The van der Waals surface area contributed by atoms with E-state index >= 15 is 0 Å². The van der Waals surface area contributed by atoms with Crippen molar-refractivity contribution in [2.45, 2.75) is 82.2 Å². The number of carboxylic acid groups (broad SMARTS) is 1. The van der Waals surface area contributed by atoms with Gasteiger partial charge < -0.3 is 19.6 Å². The molecule has 2 aliphatic carbocycles. The lowest BCUT2D eigenvalue weighted by atomic mass is 9.83. The fourth-order valence-corrected chi connectivity index (χ4v) is 8.32. The van der Waals surface area contributed by atoms with Gasteiger partial charge in [0.25, 0.3) is 5.69 Å². The molecule has 47 heavy (non-hydrogen) atoms. The normalized spacial score (nSPS) is 23.7. The minimum absolute atomic E-state index is 0.0532. The zero-order valence-corrected chi connectivity index (χ0v) is 27.5. The summed E-state index contributed by atoms with van der Waals surface area (Å²) in [5.74, 6) is 0.777. The van der Waals surface area contributed by atoms with Gasteiger partial charge >= 0.3 is 12.1 Å². The zero-order chi connectivity index (χ0) is 32.8. The highest BCUT2D eigenvalue weighted by Gasteiger charge is 2.43. The Kier molecular flexibility index (Phi) is 11.1. The van der Waals surface area contributed by atoms with E-state index in [1.807, 2.05) is 11.0 Å². The maximum Gasteiger partial charge on any atom is 0.410 e. The average molecular weight is 647 g/mol. The first-order chi connectivity index (χ1) is 22.9. The molecule has 0 radical (unpaired) electrons. The maximum absolute atomic E-state index is 13.3. The Balaban J connectivity index is 1.05. The smallest absolute Gasteiger partial charge is 0.410 e. The first-order valence-corrected chi connectivity index (χ1v) is 17.8. The summed E-state index contributed by atoms with van der Waals surface area (Å²) < 4.78 is 5.75. The van der Waals surface area contributed by atoms with Crippen LogP contribution in [0, 0.1) is 27.9 Å². The van der Waals surface area contributed by atoms with Gasteiger partial charge in [0.1, 0.15) is 6.04 Å². The van der Waals surface area contributed by atoms with Gasteiger partial charge in [0.05, 0.1) is 11.5 Å². The molecule has 1 amide bonds. The van der Waals surface area contributed by atoms with E-state index < -0.39 is 16.9 Å². The number of piperidine rings is 1. The quantitative estimate of drug-likeness (QED) is 0.202. The number of nitrogens with zero attached hydrogens (tertiary/aromatic N) is 4. The summed E-state index contributed by atoms with van der Waals surface area (Å²) in [7, 11) is 0. The van der Waals surface area contributed by atoms with Crippen molar-refractivity contribution in [3.05, 3.63) is 75.8 Å². The van der Waals surface area contributed by atoms with E-state index in [0.717, 1.165) is 96.2 Å². The molecule has 2 aliphatic heterocycles. The average Bonchev–Trinajstić information content (AvgIpc) is 3.83. The summed E-state index contributed by atoms with van der Waals surface area (Å²) in [4.78, 5) is 43.3. The van der Waals surface area contributed by atoms with Gasteiger partial charge in [-0.15, -0.1) is 0 Å². The van der Waals surface area contributed by atoms with E-state index in [0.29, 0.717) is 24.2 Å². The molecule has 0 bridgehead atoms. The number of hydrogen-bond acceptors (Lipinski definition) is 7. The number of hydrogen-bond donors (Lipinski definition) is 1. The monoisotopic (exact) mass is 646 g/mol. The minimum Gasteiger partial charge on any atom is -0.480 e. The molecule has 3 atom stereocenters. The van der Waals surface area contributed by atoms with Crippen LogP contribution in [0.2, 0.25) is 0 Å². The van der Waals surface area contributed by atoms with Gasteiger partial charge in [-0.3, -0.25) is 19.8 Å². The number of likely N-dealkylation sites (tertiary alicyclic amines) is 2. The Bertz CT molecular complexity index is 1340. The lowest BCUT2D eigenvalue weighted by Gasteiger charge is -2.39. The third-order valence-electron chi connectivity index (χ3n) is 11.1. The molecule has 4 aliphatic rings. The Labute approximate surface area is 278 Å². The van der Waals surface area contributed by atoms with Crippen LogP contribution in [0.15, 0.2) is 54.6 Å². The number of benzene rings is 2. The van der Waals surface area contributed by atoms with Gasteiger partial charge in [0.15, 0.2) is 0 Å². The summed E-state index contributed by atoms with van der Waals surface area (Å²) >= 11 is 0. The summed E-state index contributed by atoms with van der Waals surface area (Å²) in [5.41, 5.74) is 2.25. The third-order valence-corrected chi connectivity index (χ3v) is 11.1. The standard InChI is InChI=1S/C37H50N4O6/c42-36(43)35(30-9-5-2-6-10-30)39-25-31(34(26-39)29-7-3-1-4-8-29)24-38-20-17-32(18-21-38)40(23-28-11-12-28)37(44)47-22-19-27-13-15-33(16-14-27)41(45)46/h1,3-4,7-8,13-16,28,30-32,34-35H,2,5-6,9-12,17-26H2,(H,42,43)/t31-,34+,35+/m0/s1. The van der Waals surface area contributed by atoms with E-state index in [4.69, 9.17) is 4.74 Å². The van der Waals surface area contributed by atoms with Crippen molar-refractivity contribution in [3.8, 4) is 0 Å². The highest BCUT2D eigenvalue weighted by molar-refractivity contribution is 5.74. The molecule has 2 saturated heterocycles. The second-order valence-corrected chi connectivity index (χ2v) is 14.3. The molecule has 0 unspecified atom stereocenters. The van der Waals surface area contributed by atoms with Crippen molar-refractivity contribution in [2.24, 2.45) is 17.8 Å². The zero-order valence-electron chi connectivity index (χ0n) is 27.5. The van der Waals surface area contributed by atoms with Crippen molar-refractivity contribution in [1.29, 1.82) is 0 Å². The number of amides is 1. The molecule has 4 fully saturated rings. The molecule has 2 aromatic rings. The molecule has 2 heterocycles. The highest BCUT2D eigenvalue weighted by atomic mass is 16.6. The van der Waals surface area contributed by atoms with Crippen molar-refractivity contribution in [1.82, 2.24) is 14.7 Å². The number of nitro benzene ring substituents is 1. The van der Waals surface area contributed by atoms with E-state index in [9.17, 15) is 24.8 Å². The number of rotatable bonds is 13. The van der Waals surface area contributed by atoms with Gasteiger partial charge in [-0.2, -0.15) is 0 Å². The number of carbonyl (C=O) groups is 2. The topological polar surface area (TPSA) is 116 Å². The molecular formula is C37H50N4O6. The molecule has 1 N–H and O–H groups in total. The Morgan fingerprint density at radius 3 is 2.28 bits per heavy atom. The minimum atomic E-state index is -0.666. The number of non-ortho nitro benzene ring substituents is 1. The van der Waals surface area contributed by atoms with Gasteiger partial charge in [-0.25, -0.2) is 4.79 Å². The third kappa shape index (κ3) is 8.70. The molecule has 2 aromatic carbocycles. The van der Waals surface area contributed by atoms with E-state index in [2.05, 4.69) is 34.1 Å². The van der Waals surface area contributed by atoms with Crippen LogP contribution in [-0.4, -0.2) is 94.8 Å². The lowest BCUT2D eigenvalue weighted by molar-refractivity contribution is -0.384. The van der Waals surface area contributed by atoms with Crippen LogP contribution in [0.5, 0.6) is 0 Å². The Morgan fingerprint density at radius 2 is 1.64 bits per heavy atom. The van der Waals surface area contributed by atoms with E-state index in [1.54, 1.807) is 12.1 Å². The fourth-order valence-electron chi connectivity index (χ4n) is 8.32. The van der Waals surface area contributed by atoms with Crippen molar-refractivity contribution in [2.75, 3.05) is 45.9 Å². The van der Waals surface area contributed by atoms with Crippen LogP contribution in [0.3, 0.4) is 0 Å². The molecule has 254 valence electrons. The van der Waals surface area contributed by atoms with Crippen molar-refractivity contribution >= 4 is 17.7 Å². The molecule has 10 nitrogen and oxygen atoms in total. The van der Waals surface area contributed by atoms with Crippen LogP contribution in [0.4, 0.5) is 10.5 Å². The van der Waals surface area contributed by atoms with Crippen LogP contribution in [0.25, 0.3) is 0 Å². The Morgan fingerprint density at radius 1 is 0.936 bits per heavy atom. The first-order valence-electron chi connectivity index (χ1n) is 17.8. The van der Waals surface area contributed by atoms with Gasteiger partial charge in [0, 0.05) is 69.8 Å². The summed E-state index contributed by atoms with van der Waals surface area (Å²) in [5, 5.41) is 21.3. The second kappa shape index (κ2) is 15.6. The van der Waals surface area contributed by atoms with Crippen molar-refractivity contribution < 1.29 is 24.4 Å². The molecule has 10 heteroatoms. The Hall–Kier alpha value is -3.50. The molecule has 0 spiro atoms. The highest BCUT2D eigenvalue weighted by Crippen LogP contribution is 2.39. The summed E-state index contributed by atoms with van der Waals surface area (Å²) in [6.07, 6.45) is 9.88.